The van der Waals surface area contributed by atoms with Crippen molar-refractivity contribution < 1.29 is 14.4 Å². The van der Waals surface area contributed by atoms with Gasteiger partial charge in [-0.15, -0.1) is 0 Å². The summed E-state index contributed by atoms with van der Waals surface area (Å²) in [5.74, 6) is -2.68. The number of imide groups is 1. The fourth-order valence-electron chi connectivity index (χ4n) is 1.82. The summed E-state index contributed by atoms with van der Waals surface area (Å²) in [5, 5.41) is 4.45. The van der Waals surface area contributed by atoms with E-state index in [-0.39, 0.29) is 11.3 Å². The van der Waals surface area contributed by atoms with Crippen LogP contribution in [0.25, 0.3) is 0 Å². The quantitative estimate of drug-likeness (QED) is 0.577. The molecule has 0 atom stereocenters. The Morgan fingerprint density at radius 3 is 2.23 bits per heavy atom. The molecule has 0 spiro atoms. The first-order chi connectivity index (χ1) is 10.5. The van der Waals surface area contributed by atoms with Crippen molar-refractivity contribution in [2.24, 2.45) is 0 Å². The summed E-state index contributed by atoms with van der Waals surface area (Å²) in [5.41, 5.74) is 7.33. The molecule has 0 aliphatic rings. The molecule has 0 radical (unpaired) electrons. The zero-order valence-electron chi connectivity index (χ0n) is 11.9. The normalized spacial score (nSPS) is 9.86. The Morgan fingerprint density at radius 1 is 0.909 bits per heavy atom. The van der Waals surface area contributed by atoms with Gasteiger partial charge < -0.3 is 11.1 Å². The van der Waals surface area contributed by atoms with Gasteiger partial charge in [0.1, 0.15) is 0 Å². The maximum Gasteiger partial charge on any atom is 0.316 e. The molecule has 0 saturated heterocycles. The molecule has 0 aliphatic heterocycles. The number of carbonyl (C=O) groups is 3. The van der Waals surface area contributed by atoms with Crippen LogP contribution in [0.1, 0.15) is 15.9 Å². The smallest absolute Gasteiger partial charge is 0.316 e. The number of para-hydroxylation sites is 2. The van der Waals surface area contributed by atoms with E-state index in [4.69, 9.17) is 5.73 Å². The van der Waals surface area contributed by atoms with Crippen LogP contribution in [0.2, 0.25) is 0 Å². The first-order valence-electron chi connectivity index (χ1n) is 6.56. The lowest BCUT2D eigenvalue weighted by Crippen LogP contribution is -2.39. The highest BCUT2D eigenvalue weighted by Crippen LogP contribution is 2.13. The maximum absolute atomic E-state index is 11.9. The number of hydrogen-bond donors (Lipinski definition) is 3. The fourth-order valence-corrected chi connectivity index (χ4v) is 1.82. The van der Waals surface area contributed by atoms with Crippen molar-refractivity contribution in [3.8, 4) is 0 Å². The van der Waals surface area contributed by atoms with E-state index in [0.29, 0.717) is 5.69 Å². The van der Waals surface area contributed by atoms with E-state index >= 15 is 0 Å². The van der Waals surface area contributed by atoms with Crippen LogP contribution < -0.4 is 16.4 Å². The first kappa shape index (κ1) is 15.2. The first-order valence-corrected chi connectivity index (χ1v) is 6.56. The highest BCUT2D eigenvalue weighted by atomic mass is 16.2. The van der Waals surface area contributed by atoms with Crippen molar-refractivity contribution in [3.05, 3.63) is 59.7 Å². The molecule has 22 heavy (non-hydrogen) atoms. The molecule has 4 N–H and O–H groups in total. The van der Waals surface area contributed by atoms with Crippen LogP contribution in [-0.2, 0) is 9.59 Å². The van der Waals surface area contributed by atoms with E-state index in [1.165, 1.54) is 12.1 Å². The average molecular weight is 297 g/mol. The van der Waals surface area contributed by atoms with Gasteiger partial charge >= 0.3 is 11.8 Å². The van der Waals surface area contributed by atoms with Gasteiger partial charge in [-0.2, -0.15) is 0 Å². The highest BCUT2D eigenvalue weighted by molar-refractivity contribution is 6.42. The van der Waals surface area contributed by atoms with E-state index in [1.807, 2.05) is 11.4 Å². The minimum Gasteiger partial charge on any atom is -0.398 e. The van der Waals surface area contributed by atoms with Gasteiger partial charge in [-0.05, 0) is 30.7 Å². The van der Waals surface area contributed by atoms with Crippen molar-refractivity contribution in [2.75, 3.05) is 11.1 Å². The van der Waals surface area contributed by atoms with Crippen molar-refractivity contribution in [2.45, 2.75) is 6.92 Å². The Balaban J connectivity index is 2.03. The minimum atomic E-state index is -1.04. The zero-order chi connectivity index (χ0) is 16.1. The number of benzene rings is 2. The Labute approximate surface area is 127 Å². The summed E-state index contributed by atoms with van der Waals surface area (Å²) in [6, 6.07) is 13.3. The highest BCUT2D eigenvalue weighted by Gasteiger charge is 2.19. The molecule has 0 heterocycles. The van der Waals surface area contributed by atoms with Crippen LogP contribution in [0.5, 0.6) is 0 Å². The van der Waals surface area contributed by atoms with Crippen LogP contribution in [-0.4, -0.2) is 17.7 Å². The molecule has 0 bridgehead atoms. The van der Waals surface area contributed by atoms with Crippen molar-refractivity contribution in [1.82, 2.24) is 5.32 Å². The van der Waals surface area contributed by atoms with Crippen LogP contribution in [0.4, 0.5) is 11.4 Å². The van der Waals surface area contributed by atoms with E-state index in [0.717, 1.165) is 5.56 Å². The molecule has 0 unspecified atom stereocenters. The van der Waals surface area contributed by atoms with Gasteiger partial charge in [0.05, 0.1) is 5.56 Å². The average Bonchev–Trinajstić information content (AvgIpc) is 2.49. The lowest BCUT2D eigenvalue weighted by Gasteiger charge is -2.08. The number of aryl methyl sites for hydroxylation is 1. The lowest BCUT2D eigenvalue weighted by molar-refractivity contribution is -0.135. The Morgan fingerprint density at radius 2 is 1.55 bits per heavy atom. The van der Waals surface area contributed by atoms with Gasteiger partial charge in [0.15, 0.2) is 0 Å². The molecule has 112 valence electrons. The van der Waals surface area contributed by atoms with Gasteiger partial charge in [0.25, 0.3) is 5.91 Å². The van der Waals surface area contributed by atoms with Gasteiger partial charge in [-0.3, -0.25) is 19.7 Å². The van der Waals surface area contributed by atoms with Crippen LogP contribution >= 0.6 is 0 Å². The van der Waals surface area contributed by atoms with Gasteiger partial charge in [-0.1, -0.05) is 30.3 Å². The van der Waals surface area contributed by atoms with Gasteiger partial charge in [0, 0.05) is 11.4 Å². The molecule has 6 heteroatoms. The number of rotatable bonds is 2. The fraction of sp³-hybridized carbons (Fsp3) is 0.0625. The predicted molar refractivity (Wildman–Crippen MR) is 83.1 cm³/mol. The standard InChI is InChI=1S/C16H15N3O3/c1-10-6-2-5-9-13(10)18-15(21)16(22)19-14(20)11-7-3-4-8-12(11)17/h2-9H,17H2,1H3,(H,18,21)(H,19,20,22). The number of nitrogens with one attached hydrogen (secondary N) is 2. The molecule has 6 nitrogen and oxygen atoms in total. The summed E-state index contributed by atoms with van der Waals surface area (Å²) in [6.07, 6.45) is 0. The molecule has 0 aliphatic carbocycles. The molecule has 0 saturated carbocycles. The molecule has 0 aromatic heterocycles. The minimum absolute atomic E-state index is 0.138. The molecule has 2 aromatic carbocycles. The van der Waals surface area contributed by atoms with E-state index in [9.17, 15) is 14.4 Å². The SMILES string of the molecule is Cc1ccccc1NC(=O)C(=O)NC(=O)c1ccccc1N. The number of nitrogens with two attached hydrogens (primary N) is 1. The summed E-state index contributed by atoms with van der Waals surface area (Å²) in [4.78, 5) is 35.5. The van der Waals surface area contributed by atoms with Gasteiger partial charge in [0.2, 0.25) is 0 Å². The summed E-state index contributed by atoms with van der Waals surface area (Å²) < 4.78 is 0. The Hall–Kier alpha value is -3.15. The van der Waals surface area contributed by atoms with E-state index in [2.05, 4.69) is 5.32 Å². The Kier molecular flexibility index (Phi) is 4.53. The van der Waals surface area contributed by atoms with E-state index in [1.54, 1.807) is 37.3 Å². The monoisotopic (exact) mass is 297 g/mol. The summed E-state index contributed by atoms with van der Waals surface area (Å²) in [7, 11) is 0. The third-order valence-corrected chi connectivity index (χ3v) is 3.03. The van der Waals surface area contributed by atoms with Crippen molar-refractivity contribution in [1.29, 1.82) is 0 Å². The lowest BCUT2D eigenvalue weighted by atomic mass is 10.1. The largest absolute Gasteiger partial charge is 0.398 e. The molecular formula is C16H15N3O3. The number of amides is 3. The second-order valence-electron chi connectivity index (χ2n) is 4.64. The van der Waals surface area contributed by atoms with Crippen LogP contribution in [0, 0.1) is 6.92 Å². The molecule has 2 rings (SSSR count). The Bertz CT molecular complexity index is 741. The summed E-state index contributed by atoms with van der Waals surface area (Å²) in [6.45, 7) is 1.79. The second-order valence-corrected chi connectivity index (χ2v) is 4.64. The molecular weight excluding hydrogens is 282 g/mol. The zero-order valence-corrected chi connectivity index (χ0v) is 11.9. The third kappa shape index (κ3) is 3.49. The summed E-state index contributed by atoms with van der Waals surface area (Å²) >= 11 is 0. The topological polar surface area (TPSA) is 101 Å². The molecule has 3 amide bonds. The van der Waals surface area contributed by atoms with Crippen LogP contribution in [0.15, 0.2) is 48.5 Å². The second kappa shape index (κ2) is 6.53. The van der Waals surface area contributed by atoms with Crippen LogP contribution in [0.3, 0.4) is 0 Å². The third-order valence-electron chi connectivity index (χ3n) is 3.03. The number of carbonyl (C=O) groups excluding carboxylic acids is 3. The number of hydrogen-bond acceptors (Lipinski definition) is 4. The molecule has 0 fully saturated rings. The van der Waals surface area contributed by atoms with E-state index < -0.39 is 17.7 Å². The number of nitrogen functional groups attached to an aromatic ring is 1. The van der Waals surface area contributed by atoms with Crippen molar-refractivity contribution in [3.63, 3.8) is 0 Å². The van der Waals surface area contributed by atoms with Crippen molar-refractivity contribution >= 4 is 29.1 Å². The predicted octanol–water partition coefficient (Wildman–Crippen LogP) is 1.47. The molecule has 2 aromatic rings. The number of anilines is 2. The maximum atomic E-state index is 11.9. The van der Waals surface area contributed by atoms with Gasteiger partial charge in [-0.25, -0.2) is 0 Å².